The van der Waals surface area contributed by atoms with E-state index >= 15 is 0 Å². The Morgan fingerprint density at radius 3 is 2.10 bits per heavy atom. The minimum Gasteiger partial charge on any atom is -0.384 e. The van der Waals surface area contributed by atoms with E-state index in [1.165, 1.54) is 0 Å². The number of hydrogen-bond acceptors (Lipinski definition) is 5. The topological polar surface area (TPSA) is 120 Å². The Labute approximate surface area is 57.7 Å². The molecule has 0 saturated heterocycles. The van der Waals surface area contributed by atoms with Crippen LogP contribution in [0.3, 0.4) is 0 Å². The molecule has 0 aromatic heterocycles. The van der Waals surface area contributed by atoms with Crippen LogP contribution >= 0.6 is 0 Å². The van der Waals surface area contributed by atoms with E-state index in [4.69, 9.17) is 17.3 Å². The van der Waals surface area contributed by atoms with E-state index in [2.05, 4.69) is 11.7 Å². The van der Waals surface area contributed by atoms with Gasteiger partial charge in [-0.15, -0.1) is 0 Å². The van der Waals surface area contributed by atoms with Crippen molar-refractivity contribution in [2.75, 3.05) is 0 Å². The highest BCUT2D eigenvalue weighted by atomic mass is 16.2. The number of nitrogens with two attached hydrogens (primary N) is 3. The van der Waals surface area contributed by atoms with E-state index in [1.54, 1.807) is 5.43 Å². The molecule has 0 fully saturated rings. The largest absolute Gasteiger partial charge is 0.384 e. The number of hydrazine groups is 1. The Hall–Kier alpha value is -1.56. The predicted molar refractivity (Wildman–Crippen MR) is 37.3 cm³/mol. The highest BCUT2D eigenvalue weighted by Crippen LogP contribution is 1.93. The smallest absolute Gasteiger partial charge is 0.287 e. The van der Waals surface area contributed by atoms with Gasteiger partial charge in [-0.3, -0.25) is 15.2 Å². The first-order valence-electron chi connectivity index (χ1n) is 2.36. The molecule has 0 radical (unpaired) electrons. The van der Waals surface area contributed by atoms with E-state index in [0.717, 1.165) is 0 Å². The second kappa shape index (κ2) is 3.46. The van der Waals surface area contributed by atoms with Crippen molar-refractivity contribution in [3.63, 3.8) is 0 Å². The van der Waals surface area contributed by atoms with Crippen molar-refractivity contribution < 1.29 is 4.79 Å². The van der Waals surface area contributed by atoms with Crippen molar-refractivity contribution in [1.82, 2.24) is 5.43 Å². The van der Waals surface area contributed by atoms with Gasteiger partial charge in [-0.1, -0.05) is 0 Å². The molecule has 0 saturated carbocycles. The summed E-state index contributed by atoms with van der Waals surface area (Å²) in [6, 6.07) is 0. The normalized spacial score (nSPS) is 8.10. The van der Waals surface area contributed by atoms with Crippen molar-refractivity contribution in [1.29, 1.82) is 0 Å². The molecule has 56 valence electrons. The Bertz CT molecular complexity index is 180. The summed E-state index contributed by atoms with van der Waals surface area (Å²) in [6.45, 7) is 3.07. The van der Waals surface area contributed by atoms with Crippen molar-refractivity contribution in [3.8, 4) is 0 Å². The van der Waals surface area contributed by atoms with Gasteiger partial charge in [0.1, 0.15) is 5.82 Å². The number of amides is 1. The van der Waals surface area contributed by atoms with Crippen molar-refractivity contribution in [2.45, 2.75) is 0 Å². The molecule has 0 aliphatic rings. The van der Waals surface area contributed by atoms with Crippen LogP contribution in [0.1, 0.15) is 0 Å². The third-order valence-electron chi connectivity index (χ3n) is 0.778. The first-order valence-corrected chi connectivity index (χ1v) is 2.36. The van der Waals surface area contributed by atoms with Crippen molar-refractivity contribution in [3.05, 3.63) is 11.5 Å². The Balaban J connectivity index is 4.53. The van der Waals surface area contributed by atoms with Crippen molar-refractivity contribution in [2.24, 2.45) is 22.3 Å². The average molecular weight is 143 g/mol. The maximum absolute atomic E-state index is 10.6. The standard InChI is InChI=1S/C4H9N5O/c1-8-2(3(5)6)4(10)9-7/h1,5-7H2,(H,9,10). The molecule has 0 aromatic rings. The van der Waals surface area contributed by atoms with Gasteiger partial charge in [0.25, 0.3) is 5.91 Å². The van der Waals surface area contributed by atoms with Gasteiger partial charge in [-0.25, -0.2) is 5.84 Å². The molecular formula is C4H9N5O. The zero-order chi connectivity index (χ0) is 8.15. The van der Waals surface area contributed by atoms with Crippen LogP contribution in [-0.2, 0) is 4.79 Å². The van der Waals surface area contributed by atoms with E-state index in [9.17, 15) is 4.79 Å². The number of nitrogens with zero attached hydrogens (tertiary/aromatic N) is 1. The third-order valence-corrected chi connectivity index (χ3v) is 0.778. The summed E-state index contributed by atoms with van der Waals surface area (Å²) in [6.07, 6.45) is 0. The molecule has 0 unspecified atom stereocenters. The number of carbonyl (C=O) groups is 1. The van der Waals surface area contributed by atoms with E-state index < -0.39 is 5.91 Å². The number of aliphatic imine (C=N–C) groups is 1. The highest BCUT2D eigenvalue weighted by molar-refractivity contribution is 5.93. The summed E-state index contributed by atoms with van der Waals surface area (Å²) in [7, 11) is 0. The van der Waals surface area contributed by atoms with Gasteiger partial charge in [0.2, 0.25) is 0 Å². The zero-order valence-electron chi connectivity index (χ0n) is 5.29. The van der Waals surface area contributed by atoms with E-state index in [0.29, 0.717) is 0 Å². The van der Waals surface area contributed by atoms with E-state index in [-0.39, 0.29) is 11.5 Å². The van der Waals surface area contributed by atoms with Crippen LogP contribution in [0.15, 0.2) is 16.5 Å². The highest BCUT2D eigenvalue weighted by Gasteiger charge is 2.07. The first-order chi connectivity index (χ1) is 4.63. The lowest BCUT2D eigenvalue weighted by atomic mass is 10.4. The lowest BCUT2D eigenvalue weighted by Crippen LogP contribution is -2.33. The molecule has 0 heterocycles. The first kappa shape index (κ1) is 8.44. The summed E-state index contributed by atoms with van der Waals surface area (Å²) < 4.78 is 0. The summed E-state index contributed by atoms with van der Waals surface area (Å²) in [5.74, 6) is 3.89. The van der Waals surface area contributed by atoms with Crippen LogP contribution in [0.5, 0.6) is 0 Å². The molecule has 1 amide bonds. The molecule has 6 nitrogen and oxygen atoms in total. The fraction of sp³-hybridized carbons (Fsp3) is 0. The number of rotatable bonds is 2. The molecular weight excluding hydrogens is 134 g/mol. The Morgan fingerprint density at radius 1 is 1.50 bits per heavy atom. The molecule has 0 bridgehead atoms. The molecule has 0 aliphatic carbocycles. The SMILES string of the molecule is C=NC(C(=O)NN)=C(N)N. The van der Waals surface area contributed by atoms with Gasteiger partial charge in [0.05, 0.1) is 0 Å². The van der Waals surface area contributed by atoms with Crippen LogP contribution in [0.4, 0.5) is 0 Å². The van der Waals surface area contributed by atoms with Crippen LogP contribution in [0.2, 0.25) is 0 Å². The van der Waals surface area contributed by atoms with Crippen LogP contribution in [0.25, 0.3) is 0 Å². The molecule has 0 rings (SSSR count). The van der Waals surface area contributed by atoms with Crippen LogP contribution in [0, 0.1) is 0 Å². The van der Waals surface area contributed by atoms with Gasteiger partial charge in [0, 0.05) is 0 Å². The summed E-state index contributed by atoms with van der Waals surface area (Å²) >= 11 is 0. The lowest BCUT2D eigenvalue weighted by Gasteiger charge is -1.99. The fourth-order valence-corrected chi connectivity index (χ4v) is 0.363. The average Bonchev–Trinajstić information content (AvgIpc) is 1.88. The van der Waals surface area contributed by atoms with Gasteiger partial charge in [0.15, 0.2) is 5.70 Å². The molecule has 6 heteroatoms. The predicted octanol–water partition coefficient (Wildman–Crippen LogP) is -2.24. The third kappa shape index (κ3) is 1.75. The summed E-state index contributed by atoms with van der Waals surface area (Å²) in [5.41, 5.74) is 11.7. The Morgan fingerprint density at radius 2 is 2.00 bits per heavy atom. The van der Waals surface area contributed by atoms with E-state index in [1.807, 2.05) is 0 Å². The van der Waals surface area contributed by atoms with Crippen LogP contribution in [-0.4, -0.2) is 12.6 Å². The molecule has 0 atom stereocenters. The minimum atomic E-state index is -0.657. The van der Waals surface area contributed by atoms with Crippen LogP contribution < -0.4 is 22.7 Å². The van der Waals surface area contributed by atoms with Gasteiger partial charge < -0.3 is 11.5 Å². The quantitative estimate of drug-likeness (QED) is 0.115. The maximum Gasteiger partial charge on any atom is 0.287 e. The fourth-order valence-electron chi connectivity index (χ4n) is 0.363. The second-order valence-electron chi connectivity index (χ2n) is 1.44. The van der Waals surface area contributed by atoms with Gasteiger partial charge in [-0.2, -0.15) is 0 Å². The lowest BCUT2D eigenvalue weighted by molar-refractivity contribution is -0.117. The molecule has 0 spiro atoms. The molecule has 0 aliphatic heterocycles. The number of carbonyl (C=O) groups excluding carboxylic acids is 1. The van der Waals surface area contributed by atoms with Gasteiger partial charge >= 0.3 is 0 Å². The zero-order valence-corrected chi connectivity index (χ0v) is 5.29. The molecule has 0 aromatic carbocycles. The summed E-state index contributed by atoms with van der Waals surface area (Å²) in [4.78, 5) is 13.8. The van der Waals surface area contributed by atoms with Gasteiger partial charge in [-0.05, 0) is 6.72 Å². The molecule has 7 N–H and O–H groups in total. The monoisotopic (exact) mass is 143 g/mol. The maximum atomic E-state index is 10.6. The van der Waals surface area contributed by atoms with Crippen molar-refractivity contribution >= 4 is 12.6 Å². The summed E-state index contributed by atoms with van der Waals surface area (Å²) in [5, 5.41) is 0. The molecule has 10 heavy (non-hydrogen) atoms. The number of nitrogens with one attached hydrogen (secondary N) is 1. The second-order valence-corrected chi connectivity index (χ2v) is 1.44. The minimum absolute atomic E-state index is 0.164. The number of hydrogen-bond donors (Lipinski definition) is 4. The Kier molecular flexibility index (Phi) is 2.92.